The van der Waals surface area contributed by atoms with Crippen molar-refractivity contribution in [2.24, 2.45) is 5.73 Å². The summed E-state index contributed by atoms with van der Waals surface area (Å²) in [5, 5.41) is 0.0883. The van der Waals surface area contributed by atoms with Crippen LogP contribution in [0.4, 0.5) is 15.8 Å². The number of nitrogens with one attached hydrogen (secondary N) is 2. The molecule has 0 radical (unpaired) electrons. The highest BCUT2D eigenvalue weighted by atomic mass is 19.1. The molecule has 36 heavy (non-hydrogen) atoms. The summed E-state index contributed by atoms with van der Waals surface area (Å²) in [6, 6.07) is 7.19. The quantitative estimate of drug-likeness (QED) is 0.462. The standard InChI is InChI=1S/C25H27FN6O4/c1-14-13-36-23-20-17(11-19(26)21(23)31-9-7-30(2)8-10-31)22(33)18(12-32(14)20)25(35)29-28-16-5-3-15(4-6-16)24(27)34/h3-6,11-12,14,28H,7-10,13H2,1-2H3,(H2,27,34)(H,29,35)/t14-/m0/s1. The van der Waals surface area contributed by atoms with Crippen LogP contribution in [0.15, 0.2) is 41.3 Å². The average Bonchev–Trinajstić information content (AvgIpc) is 2.86. The Hall–Kier alpha value is -4.12. The van der Waals surface area contributed by atoms with E-state index < -0.39 is 23.1 Å². The summed E-state index contributed by atoms with van der Waals surface area (Å²) in [5.74, 6) is -1.45. The number of benzene rings is 2. The molecule has 2 aromatic carbocycles. The van der Waals surface area contributed by atoms with Crippen molar-refractivity contribution in [3.63, 3.8) is 0 Å². The maximum absolute atomic E-state index is 15.4. The van der Waals surface area contributed by atoms with E-state index in [1.807, 2.05) is 23.4 Å². The Morgan fingerprint density at radius 1 is 1.14 bits per heavy atom. The van der Waals surface area contributed by atoms with Gasteiger partial charge in [-0.1, -0.05) is 0 Å². The number of carbonyl (C=O) groups is 2. The lowest BCUT2D eigenvalue weighted by molar-refractivity contribution is 0.0958. The second kappa shape index (κ2) is 9.15. The fourth-order valence-electron chi connectivity index (χ4n) is 4.61. The van der Waals surface area contributed by atoms with E-state index in [4.69, 9.17) is 10.5 Å². The van der Waals surface area contributed by atoms with Crippen molar-refractivity contribution in [3.05, 3.63) is 63.7 Å². The maximum Gasteiger partial charge on any atom is 0.275 e. The number of aromatic nitrogens is 1. The van der Waals surface area contributed by atoms with Crippen LogP contribution in [0.3, 0.4) is 0 Å². The third-order valence-electron chi connectivity index (χ3n) is 6.70. The van der Waals surface area contributed by atoms with Gasteiger partial charge in [0.25, 0.3) is 5.91 Å². The number of nitrogens with two attached hydrogens (primary N) is 1. The van der Waals surface area contributed by atoms with Crippen molar-refractivity contribution < 1.29 is 18.7 Å². The van der Waals surface area contributed by atoms with Gasteiger partial charge < -0.3 is 24.8 Å². The summed E-state index contributed by atoms with van der Waals surface area (Å²) in [4.78, 5) is 41.7. The first kappa shape index (κ1) is 23.6. The Bertz CT molecular complexity index is 1410. The van der Waals surface area contributed by atoms with Crippen LogP contribution in [-0.4, -0.2) is 61.1 Å². The van der Waals surface area contributed by atoms with E-state index in [0.29, 0.717) is 41.3 Å². The van der Waals surface area contributed by atoms with Gasteiger partial charge in [0.1, 0.15) is 17.9 Å². The number of piperazine rings is 1. The highest BCUT2D eigenvalue weighted by molar-refractivity contribution is 6.00. The number of hydrogen-bond acceptors (Lipinski definition) is 7. The topological polar surface area (TPSA) is 122 Å². The molecule has 1 atom stereocenters. The van der Waals surface area contributed by atoms with Crippen LogP contribution in [-0.2, 0) is 0 Å². The number of pyridine rings is 1. The van der Waals surface area contributed by atoms with Crippen LogP contribution in [0.25, 0.3) is 10.9 Å². The summed E-state index contributed by atoms with van der Waals surface area (Å²) >= 11 is 0. The zero-order valence-electron chi connectivity index (χ0n) is 20.0. The SMILES string of the molecule is C[C@H]1COc2c(N3CCN(C)CC3)c(F)cc3c(=O)c(C(=O)NNc4ccc(C(N)=O)cc4)cn1c23. The highest BCUT2D eigenvalue weighted by Crippen LogP contribution is 2.42. The lowest BCUT2D eigenvalue weighted by atomic mass is 10.0. The van der Waals surface area contributed by atoms with Crippen molar-refractivity contribution in [3.8, 4) is 5.75 Å². The number of rotatable bonds is 5. The van der Waals surface area contributed by atoms with Crippen molar-refractivity contribution in [2.45, 2.75) is 13.0 Å². The van der Waals surface area contributed by atoms with Crippen LogP contribution in [0, 0.1) is 5.82 Å². The fraction of sp³-hybridized carbons (Fsp3) is 0.320. The van der Waals surface area contributed by atoms with Gasteiger partial charge in [0, 0.05) is 37.9 Å². The van der Waals surface area contributed by atoms with E-state index in [2.05, 4.69) is 15.8 Å². The molecule has 11 heteroatoms. The zero-order chi connectivity index (χ0) is 25.6. The number of primary amides is 1. The largest absolute Gasteiger partial charge is 0.487 e. The van der Waals surface area contributed by atoms with Crippen molar-refractivity contribution in [1.82, 2.24) is 14.9 Å². The molecule has 0 spiro atoms. The molecular weight excluding hydrogens is 467 g/mol. The average molecular weight is 495 g/mol. The monoisotopic (exact) mass is 494 g/mol. The number of amides is 2. The smallest absolute Gasteiger partial charge is 0.275 e. The molecule has 4 N–H and O–H groups in total. The van der Waals surface area contributed by atoms with Gasteiger partial charge in [0.2, 0.25) is 11.3 Å². The van der Waals surface area contributed by atoms with Gasteiger partial charge in [-0.2, -0.15) is 0 Å². The maximum atomic E-state index is 15.4. The molecule has 3 heterocycles. The van der Waals surface area contributed by atoms with Gasteiger partial charge in [-0.25, -0.2) is 4.39 Å². The molecule has 1 fully saturated rings. The van der Waals surface area contributed by atoms with Crippen LogP contribution in [0.5, 0.6) is 5.75 Å². The molecule has 0 unspecified atom stereocenters. The number of halogens is 1. The Labute approximate surface area is 206 Å². The second-order valence-electron chi connectivity index (χ2n) is 9.18. The third kappa shape index (κ3) is 4.11. The molecular formula is C25H27FN6O4. The first-order valence-corrected chi connectivity index (χ1v) is 11.7. The van der Waals surface area contributed by atoms with Gasteiger partial charge in [0.05, 0.1) is 22.6 Å². The molecule has 0 bridgehead atoms. The minimum Gasteiger partial charge on any atom is -0.487 e. The summed E-state index contributed by atoms with van der Waals surface area (Å²) in [7, 11) is 2.02. The van der Waals surface area contributed by atoms with Crippen LogP contribution >= 0.6 is 0 Å². The highest BCUT2D eigenvalue weighted by Gasteiger charge is 2.31. The van der Waals surface area contributed by atoms with E-state index in [1.165, 1.54) is 24.4 Å². The van der Waals surface area contributed by atoms with Gasteiger partial charge in [-0.15, -0.1) is 0 Å². The lowest BCUT2D eigenvalue weighted by Gasteiger charge is -2.37. The summed E-state index contributed by atoms with van der Waals surface area (Å²) < 4.78 is 23.2. The van der Waals surface area contributed by atoms with E-state index in [0.717, 1.165) is 13.1 Å². The van der Waals surface area contributed by atoms with Crippen LogP contribution in [0.2, 0.25) is 0 Å². The first-order valence-electron chi connectivity index (χ1n) is 11.7. The molecule has 2 aliphatic heterocycles. The van der Waals surface area contributed by atoms with E-state index in [9.17, 15) is 14.4 Å². The lowest BCUT2D eigenvalue weighted by Crippen LogP contribution is -2.45. The molecule has 188 valence electrons. The summed E-state index contributed by atoms with van der Waals surface area (Å²) in [6.45, 7) is 5.05. The zero-order valence-corrected chi connectivity index (χ0v) is 20.0. The third-order valence-corrected chi connectivity index (χ3v) is 6.70. The van der Waals surface area contributed by atoms with Crippen molar-refractivity contribution in [1.29, 1.82) is 0 Å². The number of hydrazine groups is 1. The fourth-order valence-corrected chi connectivity index (χ4v) is 4.61. The molecule has 0 aliphatic carbocycles. The molecule has 1 aromatic heterocycles. The molecule has 1 saturated heterocycles. The Morgan fingerprint density at radius 2 is 1.83 bits per heavy atom. The van der Waals surface area contributed by atoms with Gasteiger partial charge in [0.15, 0.2) is 11.6 Å². The molecule has 2 amide bonds. The number of nitrogens with zero attached hydrogens (tertiary/aromatic N) is 3. The molecule has 5 rings (SSSR count). The molecule has 3 aromatic rings. The summed E-state index contributed by atoms with van der Waals surface area (Å²) in [5.41, 5.74) is 11.4. The van der Waals surface area contributed by atoms with E-state index in [1.54, 1.807) is 12.1 Å². The molecule has 10 nitrogen and oxygen atoms in total. The first-order chi connectivity index (χ1) is 17.2. The number of ether oxygens (including phenoxy) is 1. The number of likely N-dealkylation sites (N-methyl/N-ethyl adjacent to an activating group) is 1. The van der Waals surface area contributed by atoms with E-state index in [-0.39, 0.29) is 23.6 Å². The Morgan fingerprint density at radius 3 is 2.50 bits per heavy atom. The van der Waals surface area contributed by atoms with Crippen LogP contribution in [0.1, 0.15) is 33.7 Å². The Kier molecular flexibility index (Phi) is 6.00. The normalized spacial score (nSPS) is 17.5. The summed E-state index contributed by atoms with van der Waals surface area (Å²) in [6.07, 6.45) is 1.50. The predicted octanol–water partition coefficient (Wildman–Crippen LogP) is 1.70. The number of carbonyl (C=O) groups excluding carboxylic acids is 2. The Balaban J connectivity index is 1.51. The molecule has 2 aliphatic rings. The predicted molar refractivity (Wildman–Crippen MR) is 134 cm³/mol. The van der Waals surface area contributed by atoms with Gasteiger partial charge in [-0.05, 0) is 44.3 Å². The van der Waals surface area contributed by atoms with Gasteiger partial charge in [-0.3, -0.25) is 25.2 Å². The van der Waals surface area contributed by atoms with Crippen LogP contribution < -0.4 is 31.7 Å². The second-order valence-corrected chi connectivity index (χ2v) is 9.18. The van der Waals surface area contributed by atoms with Gasteiger partial charge >= 0.3 is 0 Å². The number of anilines is 2. The molecule has 0 saturated carbocycles. The number of hydrogen-bond donors (Lipinski definition) is 3. The minimum atomic E-state index is -0.673. The van der Waals surface area contributed by atoms with Crippen molar-refractivity contribution in [2.75, 3.05) is 50.2 Å². The van der Waals surface area contributed by atoms with Crippen molar-refractivity contribution >= 4 is 34.1 Å². The van der Waals surface area contributed by atoms with E-state index >= 15 is 4.39 Å². The minimum absolute atomic E-state index is 0.0883.